The smallest absolute Gasteiger partial charge is 0.274 e. The highest BCUT2D eigenvalue weighted by Crippen LogP contribution is 2.33. The summed E-state index contributed by atoms with van der Waals surface area (Å²) in [5.41, 5.74) is 4.98. The highest BCUT2D eigenvalue weighted by molar-refractivity contribution is 6.04. The molecule has 17 heteroatoms. The lowest BCUT2D eigenvalue weighted by Crippen LogP contribution is -2.58. The molecule has 7 rings (SSSR count). The van der Waals surface area contributed by atoms with Crippen molar-refractivity contribution in [3.05, 3.63) is 96.4 Å². The second-order valence-corrected chi connectivity index (χ2v) is 17.7. The van der Waals surface area contributed by atoms with E-state index in [2.05, 4.69) is 48.1 Å². The van der Waals surface area contributed by atoms with Gasteiger partial charge in [0, 0.05) is 57.3 Å². The number of anilines is 2. The van der Waals surface area contributed by atoms with Gasteiger partial charge >= 0.3 is 0 Å². The van der Waals surface area contributed by atoms with Crippen molar-refractivity contribution in [1.82, 2.24) is 40.5 Å². The number of rotatable bonds is 14. The minimum Gasteiger partial charge on any atom is -0.494 e. The summed E-state index contributed by atoms with van der Waals surface area (Å²) in [6.07, 6.45) is 3.05. The zero-order chi connectivity index (χ0) is 45.7. The number of β-amino-alcohol motifs (C(OH)–C–C–N with tert-alkyl or cyclic N) is 1. The van der Waals surface area contributed by atoms with Crippen LogP contribution in [0.15, 0.2) is 85.2 Å². The maximum Gasteiger partial charge on any atom is 0.274 e. The number of aliphatic hydroxyl groups is 1. The van der Waals surface area contributed by atoms with E-state index >= 15 is 0 Å². The maximum atomic E-state index is 14.2. The second-order valence-electron chi connectivity index (χ2n) is 17.7. The predicted octanol–water partition coefficient (Wildman–Crippen LogP) is 4.73. The van der Waals surface area contributed by atoms with Crippen LogP contribution in [-0.4, -0.2) is 116 Å². The number of H-pyrrole nitrogens is 1. The number of hydrogen-bond acceptors (Lipinski definition) is 11. The van der Waals surface area contributed by atoms with Crippen LogP contribution in [0.1, 0.15) is 69.6 Å². The molecule has 2 saturated heterocycles. The number of carbonyl (C=O) groups excluding carboxylic acids is 4. The van der Waals surface area contributed by atoms with Gasteiger partial charge in [-0.25, -0.2) is 4.98 Å². The Labute approximate surface area is 372 Å². The third-order valence-electron chi connectivity index (χ3n) is 12.0. The number of likely N-dealkylation sites (tertiary alicyclic amines) is 1. The Morgan fingerprint density at radius 2 is 1.77 bits per heavy atom. The number of nitrogens with one attached hydrogen (secondary N) is 4. The molecule has 0 saturated carbocycles. The van der Waals surface area contributed by atoms with Gasteiger partial charge in [-0.1, -0.05) is 58.0 Å². The van der Waals surface area contributed by atoms with E-state index in [1.165, 1.54) is 4.90 Å². The van der Waals surface area contributed by atoms with Crippen LogP contribution in [-0.2, 0) is 26.2 Å². The van der Waals surface area contributed by atoms with Crippen LogP contribution in [0.5, 0.6) is 5.75 Å². The van der Waals surface area contributed by atoms with E-state index in [0.29, 0.717) is 42.3 Å². The predicted molar refractivity (Wildman–Crippen MR) is 241 cm³/mol. The van der Waals surface area contributed by atoms with Gasteiger partial charge in [-0.2, -0.15) is 10.2 Å². The summed E-state index contributed by atoms with van der Waals surface area (Å²) in [5.74, 6) is -1.11. The first-order valence-electron chi connectivity index (χ1n) is 21.6. The summed E-state index contributed by atoms with van der Waals surface area (Å²) in [6, 6.07) is 20.1. The van der Waals surface area contributed by atoms with Gasteiger partial charge in [0.2, 0.25) is 17.7 Å². The van der Waals surface area contributed by atoms with E-state index in [9.17, 15) is 24.3 Å². The number of nitrogens with zero attached hydrogens (tertiary/aromatic N) is 6. The van der Waals surface area contributed by atoms with Crippen molar-refractivity contribution >= 4 is 35.0 Å². The molecule has 0 unspecified atom stereocenters. The molecule has 2 fully saturated rings. The third-order valence-corrected chi connectivity index (χ3v) is 12.0. The molecule has 338 valence electrons. The third kappa shape index (κ3) is 10.4. The molecule has 6 atom stereocenters. The number of ether oxygens (including phenoxy) is 2. The molecule has 0 bridgehead atoms. The van der Waals surface area contributed by atoms with Gasteiger partial charge < -0.3 is 40.3 Å². The molecule has 3 aromatic heterocycles. The van der Waals surface area contributed by atoms with Gasteiger partial charge in [0.15, 0.2) is 0 Å². The lowest BCUT2D eigenvalue weighted by atomic mass is 9.85. The molecule has 5 N–H and O–H groups in total. The van der Waals surface area contributed by atoms with E-state index in [0.717, 1.165) is 22.5 Å². The number of amides is 4. The quantitative estimate of drug-likeness (QED) is 0.103. The fourth-order valence-electron chi connectivity index (χ4n) is 8.38. The average Bonchev–Trinajstić information content (AvgIpc) is 4.07. The first-order valence-corrected chi connectivity index (χ1v) is 21.6. The lowest BCUT2D eigenvalue weighted by Gasteiger charge is -2.38. The molecule has 2 aromatic carbocycles. The number of carbonyl (C=O) groups is 4. The van der Waals surface area contributed by atoms with Gasteiger partial charge in [-0.15, -0.1) is 0 Å². The van der Waals surface area contributed by atoms with E-state index in [-0.39, 0.29) is 55.1 Å². The molecule has 5 heterocycles. The lowest BCUT2D eigenvalue weighted by molar-refractivity contribution is -0.145. The van der Waals surface area contributed by atoms with Gasteiger partial charge in [-0.3, -0.25) is 29.0 Å². The molecule has 64 heavy (non-hydrogen) atoms. The van der Waals surface area contributed by atoms with Crippen molar-refractivity contribution in [3.63, 3.8) is 0 Å². The Kier molecular flexibility index (Phi) is 13.8. The largest absolute Gasteiger partial charge is 0.494 e. The zero-order valence-corrected chi connectivity index (χ0v) is 37.4. The summed E-state index contributed by atoms with van der Waals surface area (Å²) in [5, 5.41) is 30.7. The van der Waals surface area contributed by atoms with Crippen molar-refractivity contribution in [3.8, 4) is 28.4 Å². The number of aliphatic hydroxyl groups excluding tert-OH is 1. The van der Waals surface area contributed by atoms with Crippen LogP contribution >= 0.6 is 0 Å². The number of aromatic nitrogens is 5. The number of aromatic amines is 1. The summed E-state index contributed by atoms with van der Waals surface area (Å²) < 4.78 is 13.7. The summed E-state index contributed by atoms with van der Waals surface area (Å²) in [4.78, 5) is 62.7. The number of methoxy groups -OCH3 is 1. The second kappa shape index (κ2) is 19.4. The van der Waals surface area contributed by atoms with Gasteiger partial charge in [0.1, 0.15) is 35.8 Å². The summed E-state index contributed by atoms with van der Waals surface area (Å²) in [7, 11) is 3.43. The van der Waals surface area contributed by atoms with Crippen LogP contribution in [0, 0.1) is 11.3 Å². The summed E-state index contributed by atoms with van der Waals surface area (Å²) in [6.45, 7) is 10.5. The molecule has 0 spiro atoms. The Morgan fingerprint density at radius 3 is 2.44 bits per heavy atom. The molecule has 0 aliphatic carbocycles. The van der Waals surface area contributed by atoms with Crippen LogP contribution in [0.25, 0.3) is 22.6 Å². The molecular weight excluding hydrogens is 817 g/mol. The minimum absolute atomic E-state index is 0.0257. The van der Waals surface area contributed by atoms with E-state index in [1.54, 1.807) is 54.5 Å². The minimum atomic E-state index is -0.980. The van der Waals surface area contributed by atoms with E-state index in [1.807, 2.05) is 77.2 Å². The Balaban J connectivity index is 0.914. The van der Waals surface area contributed by atoms with Crippen LogP contribution in [0.3, 0.4) is 0 Å². The first kappa shape index (κ1) is 45.4. The van der Waals surface area contributed by atoms with E-state index in [4.69, 9.17) is 9.47 Å². The van der Waals surface area contributed by atoms with Crippen molar-refractivity contribution in [2.75, 3.05) is 43.6 Å². The number of benzene rings is 2. The number of hydrogen-bond donors (Lipinski definition) is 5. The maximum absolute atomic E-state index is 14.2. The number of aryl methyl sites for hydroxylation is 1. The molecule has 0 radical (unpaired) electrons. The summed E-state index contributed by atoms with van der Waals surface area (Å²) >= 11 is 0. The van der Waals surface area contributed by atoms with Crippen molar-refractivity contribution in [2.24, 2.45) is 18.4 Å². The molecule has 4 amide bonds. The Bertz CT molecular complexity index is 2430. The fraction of sp³-hybridized carbons (Fsp3) is 0.426. The SMILES string of the molecule is COc1cc(N2CC[C@@H](OCC(=O)N[C@H](C(=O)N3C[C@H](O)C[C@H]3C(=O)N[C@@H](C)c3ccc(-c4ccnn4C)cc3)C(C)(C)C)[C@@H](C)C2)ccc1NC(=O)c1cccc(-c2cc[nH]n2)n1. The molecule has 2 aliphatic heterocycles. The van der Waals surface area contributed by atoms with E-state index < -0.39 is 35.4 Å². The highest BCUT2D eigenvalue weighted by Gasteiger charge is 2.45. The normalized spacial score (nSPS) is 19.8. The van der Waals surface area contributed by atoms with Crippen molar-refractivity contribution in [1.29, 1.82) is 0 Å². The first-order chi connectivity index (χ1) is 30.6. The standard InChI is InChI=1S/C47H58N10O7/c1-28-25-56(32-15-16-36(41(23-32)63-7)52-44(60)37-10-8-9-34(51-37)35-17-20-48-54-35)22-19-40(28)64-27-42(59)53-43(47(3,4)5)46(62)57-26-33(58)24-39(57)45(61)50-29(2)30-11-13-31(14-12-30)38-18-21-49-55(38)6/h8-18,20-21,23,28-29,33,39-40,43,58H,19,22,24-27H2,1-7H3,(H,48,54)(H,50,61)(H,52,60)(H,53,59)/t28-,29-,33+,39-,40+,43+/m0/s1. The topological polar surface area (TPSA) is 209 Å². The van der Waals surface area contributed by atoms with Crippen LogP contribution in [0.2, 0.25) is 0 Å². The molecule has 5 aromatic rings. The van der Waals surface area contributed by atoms with Crippen LogP contribution < -0.4 is 25.6 Å². The average molecular weight is 875 g/mol. The van der Waals surface area contributed by atoms with Gasteiger partial charge in [0.05, 0.1) is 42.4 Å². The highest BCUT2D eigenvalue weighted by atomic mass is 16.5. The van der Waals surface area contributed by atoms with Crippen molar-refractivity contribution < 1.29 is 33.8 Å². The Hall–Kier alpha value is -6.59. The van der Waals surface area contributed by atoms with Gasteiger partial charge in [-0.05, 0) is 72.2 Å². The number of pyridine rings is 1. The number of piperidine rings is 1. The van der Waals surface area contributed by atoms with Crippen molar-refractivity contribution in [2.45, 2.75) is 77.8 Å². The van der Waals surface area contributed by atoms with Gasteiger partial charge in [0.25, 0.3) is 5.91 Å². The fourth-order valence-corrected chi connectivity index (χ4v) is 8.38. The molecule has 2 aliphatic rings. The monoisotopic (exact) mass is 874 g/mol. The zero-order valence-electron chi connectivity index (χ0n) is 37.4. The molecular formula is C47H58N10O7. The van der Waals surface area contributed by atoms with Crippen LogP contribution in [0.4, 0.5) is 11.4 Å². The molecule has 17 nitrogen and oxygen atoms in total. The Morgan fingerprint density at radius 1 is 0.984 bits per heavy atom.